The van der Waals surface area contributed by atoms with Gasteiger partial charge in [-0.05, 0) is 86.7 Å². The van der Waals surface area contributed by atoms with Gasteiger partial charge in [-0.3, -0.25) is 9.59 Å². The summed E-state index contributed by atoms with van der Waals surface area (Å²) in [7, 11) is 0. The molecule has 1 amide bonds. The number of fused-ring (bicyclic) bond motifs is 1. The van der Waals surface area contributed by atoms with Gasteiger partial charge in [0, 0.05) is 78.9 Å². The van der Waals surface area contributed by atoms with Crippen LogP contribution in [0.25, 0.3) is 22.0 Å². The molecule has 3 N–H and O–H groups in total. The lowest BCUT2D eigenvalue weighted by Crippen LogP contribution is -2.43. The zero-order valence-corrected chi connectivity index (χ0v) is 24.2. The van der Waals surface area contributed by atoms with E-state index in [1.165, 1.54) is 0 Å². The van der Waals surface area contributed by atoms with Gasteiger partial charge in [-0.2, -0.15) is 0 Å². The molecule has 40 heavy (non-hydrogen) atoms. The maximum atomic E-state index is 13.8. The first-order chi connectivity index (χ1) is 19.3. The number of carbonyl (C=O) groups excluding carboxylic acids is 1. The quantitative estimate of drug-likeness (QED) is 0.296. The van der Waals surface area contributed by atoms with Gasteiger partial charge in [-0.25, -0.2) is 4.98 Å². The molecule has 0 saturated carbocycles. The van der Waals surface area contributed by atoms with Crippen LogP contribution in [0.3, 0.4) is 0 Å². The van der Waals surface area contributed by atoms with E-state index in [4.69, 9.17) is 0 Å². The highest BCUT2D eigenvalue weighted by molar-refractivity contribution is 6.09. The zero-order valence-electron chi connectivity index (χ0n) is 24.2. The largest absolute Gasteiger partial charge is 0.354 e. The summed E-state index contributed by atoms with van der Waals surface area (Å²) in [6.45, 7) is 14.2. The van der Waals surface area contributed by atoms with E-state index in [1.54, 1.807) is 0 Å². The van der Waals surface area contributed by atoms with Crippen molar-refractivity contribution in [3.63, 3.8) is 0 Å². The number of aryl methyl sites for hydroxylation is 3. The van der Waals surface area contributed by atoms with Gasteiger partial charge in [-0.15, -0.1) is 0 Å². The number of nitrogens with one attached hydrogen (secondary N) is 3. The van der Waals surface area contributed by atoms with Gasteiger partial charge in [0.05, 0.1) is 0 Å². The Morgan fingerprint density at radius 3 is 2.60 bits per heavy atom. The van der Waals surface area contributed by atoms with Gasteiger partial charge >= 0.3 is 0 Å². The van der Waals surface area contributed by atoms with Crippen LogP contribution in [0.4, 0.5) is 5.82 Å². The predicted molar refractivity (Wildman–Crippen MR) is 162 cm³/mol. The smallest absolute Gasteiger partial charge is 0.253 e. The molecule has 1 aliphatic heterocycles. The first-order valence-corrected chi connectivity index (χ1v) is 14.3. The summed E-state index contributed by atoms with van der Waals surface area (Å²) in [4.78, 5) is 36.5. The molecule has 4 aromatic rings. The number of piperazine rings is 1. The summed E-state index contributed by atoms with van der Waals surface area (Å²) < 4.78 is 2.23. The SMILES string of the molecule is CCCc1cc(C)[nH]c(=O)c1CNC(=O)c1cc(-c2ccnc(N3CCNCC3)c2)cc2c1c(C)cn2C(C)C. The summed E-state index contributed by atoms with van der Waals surface area (Å²) in [6.07, 6.45) is 5.70. The number of aromatic amines is 1. The van der Waals surface area contributed by atoms with Crippen LogP contribution in [0.5, 0.6) is 0 Å². The number of H-pyrrole nitrogens is 1. The van der Waals surface area contributed by atoms with E-state index in [0.29, 0.717) is 11.1 Å². The molecule has 1 saturated heterocycles. The number of nitrogens with zero attached hydrogens (tertiary/aromatic N) is 3. The molecule has 8 nitrogen and oxygen atoms in total. The van der Waals surface area contributed by atoms with E-state index in [2.05, 4.69) is 76.1 Å². The Labute approximate surface area is 235 Å². The summed E-state index contributed by atoms with van der Waals surface area (Å²) in [5.74, 6) is 0.762. The molecule has 4 heterocycles. The number of anilines is 1. The number of amides is 1. The first-order valence-electron chi connectivity index (χ1n) is 14.3. The van der Waals surface area contributed by atoms with Crippen molar-refractivity contribution in [2.75, 3.05) is 31.1 Å². The standard InChI is InChI=1S/C32H40N6O2/c1-6-7-24-14-22(5)36-32(40)27(24)18-35-31(39)26-15-25(16-28-30(26)21(4)19-38(28)20(2)3)23-8-9-34-29(17-23)37-12-10-33-11-13-37/h8-9,14-17,19-20,33H,6-7,10-13,18H2,1-5H3,(H,35,39)(H,36,40). The summed E-state index contributed by atoms with van der Waals surface area (Å²) in [5, 5.41) is 7.41. The minimum Gasteiger partial charge on any atom is -0.354 e. The molecule has 8 heteroatoms. The molecule has 210 valence electrons. The molecule has 0 atom stereocenters. The average Bonchev–Trinajstić information content (AvgIpc) is 3.29. The summed E-state index contributed by atoms with van der Waals surface area (Å²) >= 11 is 0. The zero-order chi connectivity index (χ0) is 28.4. The Morgan fingerprint density at radius 2 is 1.88 bits per heavy atom. The Kier molecular flexibility index (Phi) is 8.07. The van der Waals surface area contributed by atoms with Crippen molar-refractivity contribution in [3.05, 3.63) is 81.0 Å². The highest BCUT2D eigenvalue weighted by atomic mass is 16.1. The van der Waals surface area contributed by atoms with Crippen molar-refractivity contribution in [1.29, 1.82) is 0 Å². The second-order valence-corrected chi connectivity index (χ2v) is 11.1. The van der Waals surface area contributed by atoms with Crippen molar-refractivity contribution in [1.82, 2.24) is 25.2 Å². The molecule has 0 spiro atoms. The van der Waals surface area contributed by atoms with E-state index in [9.17, 15) is 9.59 Å². The highest BCUT2D eigenvalue weighted by Crippen LogP contribution is 2.34. The van der Waals surface area contributed by atoms with Gasteiger partial charge < -0.3 is 25.1 Å². The van der Waals surface area contributed by atoms with E-state index in [0.717, 1.165) is 83.7 Å². The maximum absolute atomic E-state index is 13.8. The van der Waals surface area contributed by atoms with Crippen LogP contribution >= 0.6 is 0 Å². The van der Waals surface area contributed by atoms with Crippen LogP contribution < -0.4 is 21.1 Å². The number of benzene rings is 1. The summed E-state index contributed by atoms with van der Waals surface area (Å²) in [6, 6.07) is 10.5. The number of carbonyl (C=O) groups is 1. The van der Waals surface area contributed by atoms with Crippen molar-refractivity contribution < 1.29 is 4.79 Å². The lowest BCUT2D eigenvalue weighted by molar-refractivity contribution is 0.0952. The third kappa shape index (κ3) is 5.54. The van der Waals surface area contributed by atoms with Crippen LogP contribution in [0.2, 0.25) is 0 Å². The van der Waals surface area contributed by atoms with Crippen LogP contribution in [-0.4, -0.2) is 46.6 Å². The maximum Gasteiger partial charge on any atom is 0.253 e. The molecule has 1 aliphatic rings. The van der Waals surface area contributed by atoms with Gasteiger partial charge in [0.15, 0.2) is 0 Å². The average molecular weight is 541 g/mol. The van der Waals surface area contributed by atoms with Crippen molar-refractivity contribution >= 4 is 22.6 Å². The van der Waals surface area contributed by atoms with Gasteiger partial charge in [0.25, 0.3) is 11.5 Å². The molecule has 0 radical (unpaired) electrons. The fraction of sp³-hybridized carbons (Fsp3) is 0.406. The van der Waals surface area contributed by atoms with Crippen molar-refractivity contribution in [3.8, 4) is 11.1 Å². The number of rotatable bonds is 8. The van der Waals surface area contributed by atoms with Crippen LogP contribution in [0.15, 0.2) is 47.5 Å². The third-order valence-electron chi connectivity index (χ3n) is 7.75. The second kappa shape index (κ2) is 11.7. The first kappa shape index (κ1) is 27.6. The minimum absolute atomic E-state index is 0.137. The van der Waals surface area contributed by atoms with Crippen LogP contribution in [0.1, 0.15) is 66.0 Å². The third-order valence-corrected chi connectivity index (χ3v) is 7.75. The van der Waals surface area contributed by atoms with Crippen LogP contribution in [0, 0.1) is 13.8 Å². The normalized spacial score (nSPS) is 13.8. The van der Waals surface area contributed by atoms with E-state index in [-0.39, 0.29) is 24.1 Å². The minimum atomic E-state index is -0.185. The van der Waals surface area contributed by atoms with Gasteiger partial charge in [-0.1, -0.05) is 13.3 Å². The highest BCUT2D eigenvalue weighted by Gasteiger charge is 2.20. The second-order valence-electron chi connectivity index (χ2n) is 11.1. The number of hydrogen-bond donors (Lipinski definition) is 3. The molecular weight excluding hydrogens is 500 g/mol. The lowest BCUT2D eigenvalue weighted by atomic mass is 9.98. The summed E-state index contributed by atoms with van der Waals surface area (Å²) in [5.41, 5.74) is 6.99. The van der Waals surface area contributed by atoms with Crippen molar-refractivity contribution in [2.24, 2.45) is 0 Å². The van der Waals surface area contributed by atoms with E-state index >= 15 is 0 Å². The molecule has 5 rings (SSSR count). The Balaban J connectivity index is 1.56. The molecule has 0 unspecified atom stereocenters. The fourth-order valence-corrected chi connectivity index (χ4v) is 5.76. The topological polar surface area (TPSA) is 95.0 Å². The van der Waals surface area contributed by atoms with Crippen LogP contribution in [-0.2, 0) is 13.0 Å². The molecular formula is C32H40N6O2. The van der Waals surface area contributed by atoms with E-state index in [1.807, 2.05) is 31.3 Å². The monoisotopic (exact) mass is 540 g/mol. The Hall–Kier alpha value is -3.91. The lowest BCUT2D eigenvalue weighted by Gasteiger charge is -2.28. The van der Waals surface area contributed by atoms with Crippen molar-refractivity contribution in [2.45, 2.75) is 60.0 Å². The van der Waals surface area contributed by atoms with Gasteiger partial charge in [0.2, 0.25) is 0 Å². The number of hydrogen-bond acceptors (Lipinski definition) is 5. The van der Waals surface area contributed by atoms with Gasteiger partial charge in [0.1, 0.15) is 5.82 Å². The molecule has 1 fully saturated rings. The van der Waals surface area contributed by atoms with E-state index < -0.39 is 0 Å². The Morgan fingerprint density at radius 1 is 1.10 bits per heavy atom. The molecule has 0 aliphatic carbocycles. The molecule has 0 bridgehead atoms. The Bertz CT molecular complexity index is 1590. The number of aromatic nitrogens is 3. The number of pyridine rings is 2. The molecule has 3 aromatic heterocycles. The molecule has 1 aromatic carbocycles. The fourth-order valence-electron chi connectivity index (χ4n) is 5.76. The predicted octanol–water partition coefficient (Wildman–Crippen LogP) is 4.88.